The number of nitrogens with one attached hydrogen (secondary N) is 1. The highest BCUT2D eigenvalue weighted by atomic mass is 16.3. The maximum Gasteiger partial charge on any atom is 0.0981 e. The molecule has 2 aliphatic rings. The molecule has 0 amide bonds. The van der Waals surface area contributed by atoms with Gasteiger partial charge in [-0.25, -0.2) is 0 Å². The molecule has 1 aliphatic heterocycles. The Balaban J connectivity index is 2.06. The molecule has 0 aromatic rings. The standard InChI is InChI=1S/C12H21NO/c14-12(8-5-9-13-10-12)11-6-3-1-2-4-7-11/h6,13-14H,1-5,7-10H2. The monoisotopic (exact) mass is 195 g/mol. The first-order valence-electron chi connectivity index (χ1n) is 5.94. The first-order chi connectivity index (χ1) is 6.81. The molecular weight excluding hydrogens is 174 g/mol. The third kappa shape index (κ3) is 2.18. The van der Waals surface area contributed by atoms with Crippen molar-refractivity contribution in [1.82, 2.24) is 5.32 Å². The molecule has 0 aromatic heterocycles. The van der Waals surface area contributed by atoms with Crippen LogP contribution in [0.4, 0.5) is 0 Å². The van der Waals surface area contributed by atoms with Crippen LogP contribution >= 0.6 is 0 Å². The number of rotatable bonds is 1. The molecule has 1 fully saturated rings. The van der Waals surface area contributed by atoms with Crippen molar-refractivity contribution in [3.05, 3.63) is 11.6 Å². The van der Waals surface area contributed by atoms with E-state index in [0.717, 1.165) is 38.8 Å². The molecule has 1 unspecified atom stereocenters. The minimum absolute atomic E-state index is 0.511. The van der Waals surface area contributed by atoms with E-state index < -0.39 is 5.60 Å². The van der Waals surface area contributed by atoms with Gasteiger partial charge in [0.25, 0.3) is 0 Å². The van der Waals surface area contributed by atoms with Crippen molar-refractivity contribution in [3.63, 3.8) is 0 Å². The first kappa shape index (κ1) is 10.2. The molecule has 1 atom stereocenters. The summed E-state index contributed by atoms with van der Waals surface area (Å²) in [6.45, 7) is 1.83. The third-order valence-electron chi connectivity index (χ3n) is 3.50. The van der Waals surface area contributed by atoms with Crippen molar-refractivity contribution >= 4 is 0 Å². The van der Waals surface area contributed by atoms with Gasteiger partial charge in [0.1, 0.15) is 0 Å². The Morgan fingerprint density at radius 2 is 2.14 bits per heavy atom. The Bertz CT molecular complexity index is 216. The molecule has 0 spiro atoms. The van der Waals surface area contributed by atoms with Crippen LogP contribution in [-0.4, -0.2) is 23.8 Å². The Labute approximate surface area is 86.4 Å². The minimum atomic E-state index is -0.511. The SMILES string of the molecule is OC1(C2=CCCCCC2)CCCNC1. The van der Waals surface area contributed by atoms with Crippen molar-refractivity contribution in [2.45, 2.75) is 50.5 Å². The van der Waals surface area contributed by atoms with Crippen LogP contribution < -0.4 is 5.32 Å². The average molecular weight is 195 g/mol. The molecule has 1 saturated heterocycles. The van der Waals surface area contributed by atoms with E-state index in [1.165, 1.54) is 24.8 Å². The molecule has 2 N–H and O–H groups in total. The highest BCUT2D eigenvalue weighted by molar-refractivity contribution is 5.19. The van der Waals surface area contributed by atoms with Gasteiger partial charge in [0, 0.05) is 6.54 Å². The summed E-state index contributed by atoms with van der Waals surface area (Å²) in [6.07, 6.45) is 10.5. The highest BCUT2D eigenvalue weighted by Crippen LogP contribution is 2.31. The van der Waals surface area contributed by atoms with Gasteiger partial charge in [0.15, 0.2) is 0 Å². The van der Waals surface area contributed by atoms with Gasteiger partial charge in [0.2, 0.25) is 0 Å². The Hall–Kier alpha value is -0.340. The van der Waals surface area contributed by atoms with E-state index in [-0.39, 0.29) is 0 Å². The normalized spacial score (nSPS) is 34.8. The number of allylic oxidation sites excluding steroid dienone is 1. The molecule has 2 heteroatoms. The topological polar surface area (TPSA) is 32.3 Å². The van der Waals surface area contributed by atoms with Gasteiger partial charge in [-0.2, -0.15) is 0 Å². The zero-order valence-electron chi connectivity index (χ0n) is 8.89. The largest absolute Gasteiger partial charge is 0.384 e. The fourth-order valence-corrected chi connectivity index (χ4v) is 2.60. The molecule has 2 nitrogen and oxygen atoms in total. The molecule has 80 valence electrons. The zero-order chi connectivity index (χ0) is 9.86. The lowest BCUT2D eigenvalue weighted by molar-refractivity contribution is 0.0486. The van der Waals surface area contributed by atoms with Gasteiger partial charge in [-0.05, 0) is 50.6 Å². The second kappa shape index (κ2) is 4.45. The second-order valence-electron chi connectivity index (χ2n) is 4.64. The number of piperidine rings is 1. The van der Waals surface area contributed by atoms with E-state index in [0.29, 0.717) is 0 Å². The summed E-state index contributed by atoms with van der Waals surface area (Å²) < 4.78 is 0. The maximum absolute atomic E-state index is 10.5. The Kier molecular flexibility index (Phi) is 3.24. The van der Waals surface area contributed by atoms with Gasteiger partial charge < -0.3 is 10.4 Å². The van der Waals surface area contributed by atoms with Crippen molar-refractivity contribution in [2.75, 3.05) is 13.1 Å². The molecular formula is C12H21NO. The van der Waals surface area contributed by atoms with E-state index in [9.17, 15) is 5.11 Å². The molecule has 2 rings (SSSR count). The summed E-state index contributed by atoms with van der Waals surface area (Å²) in [7, 11) is 0. The number of hydrogen-bond donors (Lipinski definition) is 2. The third-order valence-corrected chi connectivity index (χ3v) is 3.50. The van der Waals surface area contributed by atoms with Gasteiger partial charge in [-0.15, -0.1) is 0 Å². The number of hydrogen-bond acceptors (Lipinski definition) is 2. The summed E-state index contributed by atoms with van der Waals surface area (Å²) in [5.74, 6) is 0. The fourth-order valence-electron chi connectivity index (χ4n) is 2.60. The van der Waals surface area contributed by atoms with Crippen LogP contribution in [0.5, 0.6) is 0 Å². The zero-order valence-corrected chi connectivity index (χ0v) is 8.89. The molecule has 1 aliphatic carbocycles. The van der Waals surface area contributed by atoms with Crippen LogP contribution in [0.15, 0.2) is 11.6 Å². The Morgan fingerprint density at radius 3 is 2.93 bits per heavy atom. The van der Waals surface area contributed by atoms with Gasteiger partial charge in [0.05, 0.1) is 5.60 Å². The average Bonchev–Trinajstić information content (AvgIpc) is 2.47. The predicted molar refractivity (Wildman–Crippen MR) is 58.2 cm³/mol. The van der Waals surface area contributed by atoms with Gasteiger partial charge in [-0.1, -0.05) is 12.5 Å². The van der Waals surface area contributed by atoms with Crippen molar-refractivity contribution in [1.29, 1.82) is 0 Å². The lowest BCUT2D eigenvalue weighted by Crippen LogP contribution is -2.46. The maximum atomic E-state index is 10.5. The van der Waals surface area contributed by atoms with Crippen LogP contribution in [0, 0.1) is 0 Å². The van der Waals surface area contributed by atoms with Crippen LogP contribution in [0.3, 0.4) is 0 Å². The first-order valence-corrected chi connectivity index (χ1v) is 5.94. The highest BCUT2D eigenvalue weighted by Gasteiger charge is 2.32. The summed E-state index contributed by atoms with van der Waals surface area (Å²) in [4.78, 5) is 0. The van der Waals surface area contributed by atoms with E-state index in [2.05, 4.69) is 11.4 Å². The van der Waals surface area contributed by atoms with E-state index in [1.807, 2.05) is 0 Å². The minimum Gasteiger partial charge on any atom is -0.384 e. The predicted octanol–water partition coefficient (Wildman–Crippen LogP) is 1.99. The van der Waals surface area contributed by atoms with Crippen LogP contribution in [0.1, 0.15) is 44.9 Å². The molecule has 0 saturated carbocycles. The van der Waals surface area contributed by atoms with Crippen molar-refractivity contribution in [3.8, 4) is 0 Å². The number of aliphatic hydroxyl groups is 1. The van der Waals surface area contributed by atoms with Crippen LogP contribution in [0.2, 0.25) is 0 Å². The van der Waals surface area contributed by atoms with Crippen molar-refractivity contribution < 1.29 is 5.11 Å². The van der Waals surface area contributed by atoms with Crippen LogP contribution in [-0.2, 0) is 0 Å². The Morgan fingerprint density at radius 1 is 1.21 bits per heavy atom. The second-order valence-corrected chi connectivity index (χ2v) is 4.64. The summed E-state index contributed by atoms with van der Waals surface area (Å²) in [5.41, 5.74) is 0.796. The van der Waals surface area contributed by atoms with Crippen molar-refractivity contribution in [2.24, 2.45) is 0 Å². The fraction of sp³-hybridized carbons (Fsp3) is 0.833. The molecule has 0 aromatic carbocycles. The lowest BCUT2D eigenvalue weighted by Gasteiger charge is -2.35. The lowest BCUT2D eigenvalue weighted by atomic mass is 9.84. The van der Waals surface area contributed by atoms with E-state index in [1.54, 1.807) is 0 Å². The summed E-state index contributed by atoms with van der Waals surface area (Å²) >= 11 is 0. The molecule has 0 radical (unpaired) electrons. The van der Waals surface area contributed by atoms with Crippen LogP contribution in [0.25, 0.3) is 0 Å². The summed E-state index contributed by atoms with van der Waals surface area (Å²) in [5, 5.41) is 13.8. The van der Waals surface area contributed by atoms with Gasteiger partial charge >= 0.3 is 0 Å². The van der Waals surface area contributed by atoms with E-state index >= 15 is 0 Å². The molecule has 14 heavy (non-hydrogen) atoms. The number of β-amino-alcohol motifs (C(OH)–C–C–N with tert-alkyl or cyclic N) is 1. The van der Waals surface area contributed by atoms with E-state index in [4.69, 9.17) is 0 Å². The molecule has 1 heterocycles. The molecule has 0 bridgehead atoms. The summed E-state index contributed by atoms with van der Waals surface area (Å²) in [6, 6.07) is 0. The quantitative estimate of drug-likeness (QED) is 0.627. The van der Waals surface area contributed by atoms with Gasteiger partial charge in [-0.3, -0.25) is 0 Å². The smallest absolute Gasteiger partial charge is 0.0981 e.